The molecule has 0 aliphatic carbocycles. The molecule has 0 aromatic heterocycles. The van der Waals surface area contributed by atoms with E-state index in [0.29, 0.717) is 0 Å². The predicted molar refractivity (Wildman–Crippen MR) is 75.0 cm³/mol. The van der Waals surface area contributed by atoms with Gasteiger partial charge in [0.25, 0.3) is 0 Å². The number of hydrogen-bond donors (Lipinski definition) is 0. The van der Waals surface area contributed by atoms with Gasteiger partial charge in [-0.05, 0) is 33.0 Å². The van der Waals surface area contributed by atoms with E-state index in [1.54, 1.807) is 0 Å². The Morgan fingerprint density at radius 2 is 1.06 bits per heavy atom. The zero-order chi connectivity index (χ0) is 12.1. The molecule has 0 spiro atoms. The highest BCUT2D eigenvalue weighted by atomic mass is 15.1. The van der Waals surface area contributed by atoms with Gasteiger partial charge in [0.15, 0.2) is 0 Å². The van der Waals surface area contributed by atoms with Gasteiger partial charge in [-0.25, -0.2) is 0 Å². The molecular formula is C15H33N. The highest BCUT2D eigenvalue weighted by Crippen LogP contribution is 2.09. The predicted octanol–water partition coefficient (Wildman–Crippen LogP) is 4.86. The normalized spacial score (nSPS) is 11.2. The third kappa shape index (κ3) is 12.0. The fourth-order valence-electron chi connectivity index (χ4n) is 2.19. The lowest BCUT2D eigenvalue weighted by Crippen LogP contribution is -2.20. The molecule has 98 valence electrons. The molecule has 0 aromatic carbocycles. The van der Waals surface area contributed by atoms with Crippen LogP contribution in [0.5, 0.6) is 0 Å². The first-order valence-electron chi connectivity index (χ1n) is 7.49. The molecule has 0 atom stereocenters. The van der Waals surface area contributed by atoms with Crippen LogP contribution >= 0.6 is 0 Å². The van der Waals surface area contributed by atoms with Gasteiger partial charge in [0.1, 0.15) is 0 Å². The van der Waals surface area contributed by atoms with Crippen LogP contribution in [0.3, 0.4) is 0 Å². The highest BCUT2D eigenvalue weighted by Gasteiger charge is 1.96. The summed E-state index contributed by atoms with van der Waals surface area (Å²) in [4.78, 5) is 2.46. The molecule has 0 heterocycles. The molecule has 0 aliphatic heterocycles. The Morgan fingerprint density at radius 1 is 0.562 bits per heavy atom. The minimum absolute atomic E-state index is 1.26. The van der Waals surface area contributed by atoms with Crippen LogP contribution in [0.15, 0.2) is 0 Å². The SMILES string of the molecule is CCCCCCCCCCCN(C)CCC. The zero-order valence-electron chi connectivity index (χ0n) is 11.9. The van der Waals surface area contributed by atoms with E-state index in [-0.39, 0.29) is 0 Å². The Kier molecular flexibility index (Phi) is 13.0. The van der Waals surface area contributed by atoms with E-state index >= 15 is 0 Å². The van der Waals surface area contributed by atoms with Crippen LogP contribution in [-0.2, 0) is 0 Å². The van der Waals surface area contributed by atoms with Crippen molar-refractivity contribution in [1.82, 2.24) is 4.90 Å². The lowest BCUT2D eigenvalue weighted by atomic mass is 10.1. The van der Waals surface area contributed by atoms with Crippen LogP contribution in [0.1, 0.15) is 78.1 Å². The number of unbranched alkanes of at least 4 members (excludes halogenated alkanes) is 8. The number of rotatable bonds is 12. The van der Waals surface area contributed by atoms with Gasteiger partial charge >= 0.3 is 0 Å². The Bertz CT molecular complexity index is 123. The second-order valence-corrected chi connectivity index (χ2v) is 5.13. The van der Waals surface area contributed by atoms with Crippen molar-refractivity contribution in [3.63, 3.8) is 0 Å². The molecule has 0 saturated carbocycles. The van der Waals surface area contributed by atoms with Crippen LogP contribution in [0.25, 0.3) is 0 Å². The first-order chi connectivity index (χ1) is 7.81. The van der Waals surface area contributed by atoms with Gasteiger partial charge < -0.3 is 4.90 Å². The molecule has 0 saturated heterocycles. The van der Waals surface area contributed by atoms with E-state index in [0.717, 1.165) is 0 Å². The largest absolute Gasteiger partial charge is 0.306 e. The van der Waals surface area contributed by atoms with Crippen molar-refractivity contribution in [3.05, 3.63) is 0 Å². The van der Waals surface area contributed by atoms with E-state index < -0.39 is 0 Å². The summed E-state index contributed by atoms with van der Waals surface area (Å²) in [7, 11) is 2.24. The van der Waals surface area contributed by atoms with Crippen LogP contribution < -0.4 is 0 Å². The summed E-state index contributed by atoms with van der Waals surface area (Å²) in [6.07, 6.45) is 14.2. The van der Waals surface area contributed by atoms with Crippen LogP contribution in [-0.4, -0.2) is 25.0 Å². The van der Waals surface area contributed by atoms with E-state index in [2.05, 4.69) is 25.8 Å². The van der Waals surface area contributed by atoms with Crippen molar-refractivity contribution in [3.8, 4) is 0 Å². The van der Waals surface area contributed by atoms with Gasteiger partial charge in [0.05, 0.1) is 0 Å². The molecule has 0 N–H and O–H groups in total. The quantitative estimate of drug-likeness (QED) is 0.430. The maximum atomic E-state index is 2.46. The first kappa shape index (κ1) is 16.0. The Balaban J connectivity index is 2.98. The average Bonchev–Trinajstić information content (AvgIpc) is 2.27. The Labute approximate surface area is 104 Å². The molecular weight excluding hydrogens is 194 g/mol. The Morgan fingerprint density at radius 3 is 1.56 bits per heavy atom. The topological polar surface area (TPSA) is 3.24 Å². The van der Waals surface area contributed by atoms with E-state index in [4.69, 9.17) is 0 Å². The molecule has 1 heteroatoms. The number of nitrogens with zero attached hydrogens (tertiary/aromatic N) is 1. The minimum atomic E-state index is 1.26. The third-order valence-electron chi connectivity index (χ3n) is 3.25. The summed E-state index contributed by atoms with van der Waals surface area (Å²) >= 11 is 0. The van der Waals surface area contributed by atoms with Crippen LogP contribution in [0, 0.1) is 0 Å². The van der Waals surface area contributed by atoms with Gasteiger partial charge in [-0.3, -0.25) is 0 Å². The van der Waals surface area contributed by atoms with E-state index in [1.165, 1.54) is 77.3 Å². The van der Waals surface area contributed by atoms with Gasteiger partial charge in [-0.1, -0.05) is 65.2 Å². The molecule has 16 heavy (non-hydrogen) atoms. The average molecular weight is 227 g/mol. The van der Waals surface area contributed by atoms with Gasteiger partial charge in [-0.15, -0.1) is 0 Å². The first-order valence-corrected chi connectivity index (χ1v) is 7.49. The lowest BCUT2D eigenvalue weighted by Gasteiger charge is -2.14. The summed E-state index contributed by atoms with van der Waals surface area (Å²) in [6, 6.07) is 0. The zero-order valence-corrected chi connectivity index (χ0v) is 11.9. The summed E-state index contributed by atoms with van der Waals surface area (Å²) in [5, 5.41) is 0. The smallest absolute Gasteiger partial charge is 0.00218 e. The monoisotopic (exact) mass is 227 g/mol. The second kappa shape index (κ2) is 13.0. The molecule has 0 aromatic rings. The van der Waals surface area contributed by atoms with Crippen LogP contribution in [0.2, 0.25) is 0 Å². The van der Waals surface area contributed by atoms with Crippen molar-refractivity contribution in [2.75, 3.05) is 20.1 Å². The highest BCUT2D eigenvalue weighted by molar-refractivity contribution is 4.52. The fraction of sp³-hybridized carbons (Fsp3) is 1.00. The molecule has 1 nitrogen and oxygen atoms in total. The standard InChI is InChI=1S/C15H33N/c1-4-6-7-8-9-10-11-12-13-15-16(3)14-5-2/h4-15H2,1-3H3. The molecule has 0 radical (unpaired) electrons. The minimum Gasteiger partial charge on any atom is -0.306 e. The molecule has 0 unspecified atom stereocenters. The molecule has 0 fully saturated rings. The summed E-state index contributed by atoms with van der Waals surface area (Å²) < 4.78 is 0. The van der Waals surface area contributed by atoms with Gasteiger partial charge in [0.2, 0.25) is 0 Å². The molecule has 0 amide bonds. The molecule has 0 aliphatic rings. The van der Waals surface area contributed by atoms with Crippen molar-refractivity contribution in [1.29, 1.82) is 0 Å². The van der Waals surface area contributed by atoms with Crippen molar-refractivity contribution < 1.29 is 0 Å². The van der Waals surface area contributed by atoms with Crippen molar-refractivity contribution in [2.45, 2.75) is 78.1 Å². The summed E-state index contributed by atoms with van der Waals surface area (Å²) in [6.45, 7) is 7.10. The maximum absolute atomic E-state index is 2.46. The van der Waals surface area contributed by atoms with Crippen LogP contribution in [0.4, 0.5) is 0 Å². The lowest BCUT2D eigenvalue weighted by molar-refractivity contribution is 0.324. The van der Waals surface area contributed by atoms with E-state index in [9.17, 15) is 0 Å². The van der Waals surface area contributed by atoms with Gasteiger partial charge in [-0.2, -0.15) is 0 Å². The third-order valence-corrected chi connectivity index (χ3v) is 3.25. The maximum Gasteiger partial charge on any atom is -0.00218 e. The Hall–Kier alpha value is -0.0400. The second-order valence-electron chi connectivity index (χ2n) is 5.13. The molecule has 0 rings (SSSR count). The van der Waals surface area contributed by atoms with Crippen molar-refractivity contribution >= 4 is 0 Å². The summed E-state index contributed by atoms with van der Waals surface area (Å²) in [5.74, 6) is 0. The summed E-state index contributed by atoms with van der Waals surface area (Å²) in [5.41, 5.74) is 0. The fourth-order valence-corrected chi connectivity index (χ4v) is 2.19. The number of hydrogen-bond acceptors (Lipinski definition) is 1. The van der Waals surface area contributed by atoms with E-state index in [1.807, 2.05) is 0 Å². The molecule has 0 bridgehead atoms. The van der Waals surface area contributed by atoms with Crippen molar-refractivity contribution in [2.24, 2.45) is 0 Å². The van der Waals surface area contributed by atoms with Gasteiger partial charge in [0, 0.05) is 0 Å².